The van der Waals surface area contributed by atoms with E-state index >= 15 is 0 Å². The summed E-state index contributed by atoms with van der Waals surface area (Å²) >= 11 is 0. The SMILES string of the molecule is COCc1ccc(C(N)c2c(C)cccc2C)o1. The van der Waals surface area contributed by atoms with Crippen LogP contribution in [0.1, 0.15) is 34.3 Å². The van der Waals surface area contributed by atoms with Gasteiger partial charge in [-0.15, -0.1) is 0 Å². The van der Waals surface area contributed by atoms with Gasteiger partial charge < -0.3 is 14.9 Å². The Kier molecular flexibility index (Phi) is 3.84. The zero-order valence-electron chi connectivity index (χ0n) is 11.1. The van der Waals surface area contributed by atoms with Crippen LogP contribution in [0.4, 0.5) is 0 Å². The average Bonchev–Trinajstić information content (AvgIpc) is 2.78. The lowest BCUT2D eigenvalue weighted by atomic mass is 9.95. The summed E-state index contributed by atoms with van der Waals surface area (Å²) < 4.78 is 10.7. The predicted molar refractivity (Wildman–Crippen MR) is 71.4 cm³/mol. The molecule has 96 valence electrons. The van der Waals surface area contributed by atoms with Gasteiger partial charge in [-0.3, -0.25) is 0 Å². The fourth-order valence-corrected chi connectivity index (χ4v) is 2.24. The molecule has 1 aromatic carbocycles. The molecule has 0 saturated carbocycles. The summed E-state index contributed by atoms with van der Waals surface area (Å²) in [6.07, 6.45) is 0. The molecule has 0 fully saturated rings. The zero-order chi connectivity index (χ0) is 13.1. The third-order valence-electron chi connectivity index (χ3n) is 3.13. The second-order valence-electron chi connectivity index (χ2n) is 4.52. The fourth-order valence-electron chi connectivity index (χ4n) is 2.24. The van der Waals surface area contributed by atoms with Gasteiger partial charge in [0.2, 0.25) is 0 Å². The summed E-state index contributed by atoms with van der Waals surface area (Å²) in [6.45, 7) is 4.61. The summed E-state index contributed by atoms with van der Waals surface area (Å²) in [5.41, 5.74) is 9.80. The number of rotatable bonds is 4. The van der Waals surface area contributed by atoms with Gasteiger partial charge in [-0.2, -0.15) is 0 Å². The molecular formula is C15H19NO2. The van der Waals surface area contributed by atoms with Crippen LogP contribution in [0.2, 0.25) is 0 Å². The summed E-state index contributed by atoms with van der Waals surface area (Å²) in [7, 11) is 1.65. The molecule has 0 amide bonds. The van der Waals surface area contributed by atoms with Gasteiger partial charge in [0.05, 0.1) is 6.04 Å². The smallest absolute Gasteiger partial charge is 0.129 e. The molecule has 1 unspecified atom stereocenters. The van der Waals surface area contributed by atoms with Gasteiger partial charge in [0.15, 0.2) is 0 Å². The van der Waals surface area contributed by atoms with Crippen molar-refractivity contribution in [2.45, 2.75) is 26.5 Å². The van der Waals surface area contributed by atoms with Crippen molar-refractivity contribution in [3.8, 4) is 0 Å². The van der Waals surface area contributed by atoms with E-state index in [1.807, 2.05) is 18.2 Å². The molecule has 1 aromatic heterocycles. The van der Waals surface area contributed by atoms with Crippen molar-refractivity contribution >= 4 is 0 Å². The molecule has 0 spiro atoms. The summed E-state index contributed by atoms with van der Waals surface area (Å²) in [6, 6.07) is 9.79. The molecule has 3 heteroatoms. The molecule has 18 heavy (non-hydrogen) atoms. The molecule has 3 nitrogen and oxygen atoms in total. The van der Waals surface area contributed by atoms with E-state index in [9.17, 15) is 0 Å². The first kappa shape index (κ1) is 12.9. The highest BCUT2D eigenvalue weighted by Crippen LogP contribution is 2.27. The predicted octanol–water partition coefficient (Wildman–Crippen LogP) is 3.09. The van der Waals surface area contributed by atoms with Gasteiger partial charge in [-0.1, -0.05) is 18.2 Å². The van der Waals surface area contributed by atoms with Crippen molar-refractivity contribution in [3.63, 3.8) is 0 Å². The van der Waals surface area contributed by atoms with Crippen LogP contribution in [-0.4, -0.2) is 7.11 Å². The number of furan rings is 1. The van der Waals surface area contributed by atoms with E-state index in [1.165, 1.54) is 11.1 Å². The van der Waals surface area contributed by atoms with Crippen molar-refractivity contribution in [1.29, 1.82) is 0 Å². The quantitative estimate of drug-likeness (QED) is 0.900. The van der Waals surface area contributed by atoms with Crippen molar-refractivity contribution in [2.75, 3.05) is 7.11 Å². The Morgan fingerprint density at radius 3 is 2.44 bits per heavy atom. The minimum atomic E-state index is -0.225. The highest BCUT2D eigenvalue weighted by atomic mass is 16.5. The average molecular weight is 245 g/mol. The van der Waals surface area contributed by atoms with Gasteiger partial charge in [-0.25, -0.2) is 0 Å². The lowest BCUT2D eigenvalue weighted by molar-refractivity contribution is 0.162. The van der Waals surface area contributed by atoms with Crippen LogP contribution in [0.15, 0.2) is 34.7 Å². The van der Waals surface area contributed by atoms with Crippen LogP contribution in [0, 0.1) is 13.8 Å². The number of hydrogen-bond acceptors (Lipinski definition) is 3. The maximum Gasteiger partial charge on any atom is 0.129 e. The molecular weight excluding hydrogens is 226 g/mol. The highest BCUT2D eigenvalue weighted by molar-refractivity contribution is 5.39. The molecule has 2 rings (SSSR count). The Balaban J connectivity index is 2.32. The number of methoxy groups -OCH3 is 1. The number of nitrogens with two attached hydrogens (primary N) is 1. The van der Waals surface area contributed by atoms with Crippen LogP contribution in [0.5, 0.6) is 0 Å². The van der Waals surface area contributed by atoms with E-state index in [-0.39, 0.29) is 6.04 Å². The topological polar surface area (TPSA) is 48.4 Å². The minimum Gasteiger partial charge on any atom is -0.462 e. The van der Waals surface area contributed by atoms with E-state index in [1.54, 1.807) is 7.11 Å². The summed E-state index contributed by atoms with van der Waals surface area (Å²) in [5, 5.41) is 0. The molecule has 0 aliphatic carbocycles. The third-order valence-corrected chi connectivity index (χ3v) is 3.13. The van der Waals surface area contributed by atoms with E-state index in [0.717, 1.165) is 17.1 Å². The van der Waals surface area contributed by atoms with Gasteiger partial charge >= 0.3 is 0 Å². The standard InChI is InChI=1S/C15H19NO2/c1-10-5-4-6-11(2)14(10)15(16)13-8-7-12(18-13)9-17-3/h4-8,15H,9,16H2,1-3H3. The maximum atomic E-state index is 6.29. The van der Waals surface area contributed by atoms with Crippen LogP contribution in [-0.2, 0) is 11.3 Å². The molecule has 1 atom stereocenters. The molecule has 0 aliphatic rings. The van der Waals surface area contributed by atoms with Gasteiger partial charge in [-0.05, 0) is 42.7 Å². The summed E-state index contributed by atoms with van der Waals surface area (Å²) in [4.78, 5) is 0. The Hall–Kier alpha value is -1.58. The first-order valence-electron chi connectivity index (χ1n) is 6.02. The largest absolute Gasteiger partial charge is 0.462 e. The monoisotopic (exact) mass is 245 g/mol. The lowest BCUT2D eigenvalue weighted by Gasteiger charge is -2.15. The van der Waals surface area contributed by atoms with E-state index in [0.29, 0.717) is 6.61 Å². The number of hydrogen-bond donors (Lipinski definition) is 1. The van der Waals surface area contributed by atoms with E-state index in [4.69, 9.17) is 14.9 Å². The second kappa shape index (κ2) is 5.38. The second-order valence-corrected chi connectivity index (χ2v) is 4.52. The molecule has 0 radical (unpaired) electrons. The minimum absolute atomic E-state index is 0.225. The molecule has 2 aromatic rings. The summed E-state index contributed by atoms with van der Waals surface area (Å²) in [5.74, 6) is 1.58. The molecule has 1 heterocycles. The number of aryl methyl sites for hydroxylation is 2. The first-order chi connectivity index (χ1) is 8.63. The van der Waals surface area contributed by atoms with Crippen LogP contribution < -0.4 is 5.73 Å². The van der Waals surface area contributed by atoms with Crippen molar-refractivity contribution < 1.29 is 9.15 Å². The number of ether oxygens (including phenoxy) is 1. The third kappa shape index (κ3) is 2.47. The van der Waals surface area contributed by atoms with Gasteiger partial charge in [0.25, 0.3) is 0 Å². The van der Waals surface area contributed by atoms with Crippen molar-refractivity contribution in [2.24, 2.45) is 5.73 Å². The van der Waals surface area contributed by atoms with E-state index in [2.05, 4.69) is 26.0 Å². The Labute approximate surface area is 108 Å². The van der Waals surface area contributed by atoms with Crippen molar-refractivity contribution in [3.05, 3.63) is 58.5 Å². The number of benzene rings is 1. The Morgan fingerprint density at radius 1 is 1.17 bits per heavy atom. The molecule has 0 bridgehead atoms. The maximum absolute atomic E-state index is 6.29. The van der Waals surface area contributed by atoms with Crippen LogP contribution in [0.3, 0.4) is 0 Å². The molecule has 2 N–H and O–H groups in total. The molecule has 0 saturated heterocycles. The van der Waals surface area contributed by atoms with Crippen LogP contribution in [0.25, 0.3) is 0 Å². The Morgan fingerprint density at radius 2 is 1.83 bits per heavy atom. The van der Waals surface area contributed by atoms with Gasteiger partial charge in [0, 0.05) is 7.11 Å². The van der Waals surface area contributed by atoms with Crippen LogP contribution >= 0.6 is 0 Å². The fraction of sp³-hybridized carbons (Fsp3) is 0.333. The first-order valence-corrected chi connectivity index (χ1v) is 6.02. The van der Waals surface area contributed by atoms with Crippen molar-refractivity contribution in [1.82, 2.24) is 0 Å². The lowest BCUT2D eigenvalue weighted by Crippen LogP contribution is -2.14. The van der Waals surface area contributed by atoms with Gasteiger partial charge in [0.1, 0.15) is 18.1 Å². The Bertz CT molecular complexity index is 511. The normalized spacial score (nSPS) is 12.7. The molecule has 0 aliphatic heterocycles. The zero-order valence-corrected chi connectivity index (χ0v) is 11.1. The van der Waals surface area contributed by atoms with E-state index < -0.39 is 0 Å². The highest BCUT2D eigenvalue weighted by Gasteiger charge is 2.17.